The summed E-state index contributed by atoms with van der Waals surface area (Å²) in [6, 6.07) is 8.86. The van der Waals surface area contributed by atoms with E-state index in [0.717, 1.165) is 12.0 Å². The molecule has 0 saturated carbocycles. The van der Waals surface area contributed by atoms with Crippen LogP contribution in [-0.2, 0) is 20.9 Å². The van der Waals surface area contributed by atoms with Crippen LogP contribution < -0.4 is 0 Å². The average molecular weight is 286 g/mol. The molecule has 1 aromatic rings. The van der Waals surface area contributed by atoms with Crippen LogP contribution in [0.2, 0.25) is 0 Å². The zero-order valence-electron chi connectivity index (χ0n) is 12.0. The SMILES string of the molecule is CC(=O)N1CCCC2C(=O)N(Cc3ccccc3)C(=O)C21. The molecule has 0 N–H and O–H groups in total. The second-order valence-electron chi connectivity index (χ2n) is 5.65. The third-order valence-electron chi connectivity index (χ3n) is 4.32. The quantitative estimate of drug-likeness (QED) is 0.767. The fraction of sp³-hybridized carbons (Fsp3) is 0.438. The van der Waals surface area contributed by atoms with Gasteiger partial charge in [-0.05, 0) is 18.4 Å². The molecule has 0 bridgehead atoms. The summed E-state index contributed by atoms with van der Waals surface area (Å²) in [6.45, 7) is 2.31. The minimum absolute atomic E-state index is 0.132. The van der Waals surface area contributed by atoms with Crippen molar-refractivity contribution in [1.82, 2.24) is 9.80 Å². The first-order valence-electron chi connectivity index (χ1n) is 7.26. The molecule has 2 saturated heterocycles. The minimum Gasteiger partial charge on any atom is -0.330 e. The molecule has 0 aliphatic carbocycles. The van der Waals surface area contributed by atoms with Crippen molar-refractivity contribution >= 4 is 17.7 Å². The first-order chi connectivity index (χ1) is 10.1. The van der Waals surface area contributed by atoms with Gasteiger partial charge >= 0.3 is 0 Å². The number of piperidine rings is 1. The molecule has 2 unspecified atom stereocenters. The Hall–Kier alpha value is -2.17. The second kappa shape index (κ2) is 5.31. The summed E-state index contributed by atoms with van der Waals surface area (Å²) < 4.78 is 0. The number of carbonyl (C=O) groups is 3. The molecule has 2 fully saturated rings. The smallest absolute Gasteiger partial charge is 0.253 e. The Morgan fingerprint density at radius 1 is 1.19 bits per heavy atom. The molecular formula is C16H18N2O3. The third kappa shape index (κ3) is 2.33. The average Bonchev–Trinajstić information content (AvgIpc) is 2.73. The predicted molar refractivity (Wildman–Crippen MR) is 75.9 cm³/mol. The van der Waals surface area contributed by atoms with E-state index < -0.39 is 6.04 Å². The summed E-state index contributed by atoms with van der Waals surface area (Å²) in [7, 11) is 0. The molecule has 110 valence electrons. The van der Waals surface area contributed by atoms with E-state index in [9.17, 15) is 14.4 Å². The van der Waals surface area contributed by atoms with Crippen molar-refractivity contribution in [2.45, 2.75) is 32.4 Å². The van der Waals surface area contributed by atoms with Crippen molar-refractivity contribution in [3.63, 3.8) is 0 Å². The largest absolute Gasteiger partial charge is 0.330 e. The first kappa shape index (κ1) is 13.8. The van der Waals surface area contributed by atoms with Gasteiger partial charge in [0.2, 0.25) is 11.8 Å². The van der Waals surface area contributed by atoms with Crippen molar-refractivity contribution < 1.29 is 14.4 Å². The van der Waals surface area contributed by atoms with E-state index in [1.807, 2.05) is 30.3 Å². The van der Waals surface area contributed by atoms with Crippen LogP contribution in [0.15, 0.2) is 30.3 Å². The van der Waals surface area contributed by atoms with Crippen LogP contribution in [-0.4, -0.2) is 40.1 Å². The van der Waals surface area contributed by atoms with Gasteiger partial charge in [-0.2, -0.15) is 0 Å². The summed E-state index contributed by atoms with van der Waals surface area (Å²) in [6.07, 6.45) is 1.46. The van der Waals surface area contributed by atoms with E-state index in [-0.39, 0.29) is 30.2 Å². The highest BCUT2D eigenvalue weighted by atomic mass is 16.2. The second-order valence-corrected chi connectivity index (χ2v) is 5.65. The summed E-state index contributed by atoms with van der Waals surface area (Å²) in [5.74, 6) is -0.866. The van der Waals surface area contributed by atoms with Gasteiger partial charge in [-0.3, -0.25) is 19.3 Å². The van der Waals surface area contributed by atoms with Crippen molar-refractivity contribution in [2.24, 2.45) is 5.92 Å². The minimum atomic E-state index is -0.590. The number of amides is 3. The summed E-state index contributed by atoms with van der Waals surface area (Å²) in [5.41, 5.74) is 0.923. The number of fused-ring (bicyclic) bond motifs is 1. The Morgan fingerprint density at radius 3 is 2.57 bits per heavy atom. The van der Waals surface area contributed by atoms with Crippen molar-refractivity contribution in [3.05, 3.63) is 35.9 Å². The first-order valence-corrected chi connectivity index (χ1v) is 7.26. The van der Waals surface area contributed by atoms with Crippen LogP contribution >= 0.6 is 0 Å². The van der Waals surface area contributed by atoms with E-state index in [1.165, 1.54) is 11.8 Å². The standard InChI is InChI=1S/C16H18N2O3/c1-11(19)17-9-5-8-13-14(17)16(21)18(15(13)20)10-12-6-3-2-4-7-12/h2-4,6-7,13-14H,5,8-10H2,1H3. The molecule has 5 nitrogen and oxygen atoms in total. The van der Waals surface area contributed by atoms with Gasteiger partial charge in [0.15, 0.2) is 0 Å². The predicted octanol–water partition coefficient (Wildman–Crippen LogP) is 1.18. The van der Waals surface area contributed by atoms with Crippen LogP contribution in [0.3, 0.4) is 0 Å². The maximum absolute atomic E-state index is 12.6. The zero-order valence-corrected chi connectivity index (χ0v) is 12.0. The van der Waals surface area contributed by atoms with Gasteiger partial charge in [-0.25, -0.2) is 0 Å². The molecule has 2 atom stereocenters. The molecule has 2 heterocycles. The van der Waals surface area contributed by atoms with E-state index in [4.69, 9.17) is 0 Å². The number of nitrogens with zero attached hydrogens (tertiary/aromatic N) is 2. The van der Waals surface area contributed by atoms with E-state index in [2.05, 4.69) is 0 Å². The monoisotopic (exact) mass is 286 g/mol. The lowest BCUT2D eigenvalue weighted by molar-refractivity contribution is -0.144. The Balaban J connectivity index is 1.86. The molecule has 2 aliphatic rings. The lowest BCUT2D eigenvalue weighted by Gasteiger charge is -2.33. The number of carbonyl (C=O) groups excluding carboxylic acids is 3. The van der Waals surface area contributed by atoms with Gasteiger partial charge < -0.3 is 4.90 Å². The Labute approximate surface area is 123 Å². The fourth-order valence-electron chi connectivity index (χ4n) is 3.30. The number of likely N-dealkylation sites (tertiary alicyclic amines) is 2. The van der Waals surface area contributed by atoms with Crippen molar-refractivity contribution in [1.29, 1.82) is 0 Å². The van der Waals surface area contributed by atoms with Gasteiger partial charge in [-0.1, -0.05) is 30.3 Å². The topological polar surface area (TPSA) is 57.7 Å². The molecule has 3 amide bonds. The Morgan fingerprint density at radius 2 is 1.90 bits per heavy atom. The van der Waals surface area contributed by atoms with Gasteiger partial charge in [0.1, 0.15) is 6.04 Å². The van der Waals surface area contributed by atoms with Crippen LogP contribution in [0.5, 0.6) is 0 Å². The zero-order chi connectivity index (χ0) is 15.0. The highest BCUT2D eigenvalue weighted by molar-refractivity contribution is 6.08. The lowest BCUT2D eigenvalue weighted by Crippen LogP contribution is -2.50. The summed E-state index contributed by atoms with van der Waals surface area (Å²) in [5, 5.41) is 0. The number of imide groups is 1. The van der Waals surface area contributed by atoms with E-state index >= 15 is 0 Å². The molecule has 5 heteroatoms. The molecule has 2 aliphatic heterocycles. The Kier molecular flexibility index (Phi) is 3.49. The lowest BCUT2D eigenvalue weighted by atomic mass is 9.91. The fourth-order valence-corrected chi connectivity index (χ4v) is 3.30. The molecule has 0 aromatic heterocycles. The molecule has 21 heavy (non-hydrogen) atoms. The van der Waals surface area contributed by atoms with Crippen LogP contribution in [0.1, 0.15) is 25.3 Å². The van der Waals surface area contributed by atoms with Crippen molar-refractivity contribution in [3.8, 4) is 0 Å². The number of rotatable bonds is 2. The number of hydrogen-bond donors (Lipinski definition) is 0. The normalized spacial score (nSPS) is 25.2. The van der Waals surface area contributed by atoms with E-state index in [1.54, 1.807) is 4.90 Å². The van der Waals surface area contributed by atoms with Crippen LogP contribution in [0, 0.1) is 5.92 Å². The Bertz CT molecular complexity index is 584. The maximum atomic E-state index is 12.6. The molecule has 3 rings (SSSR count). The van der Waals surface area contributed by atoms with Gasteiger partial charge in [0, 0.05) is 13.5 Å². The highest BCUT2D eigenvalue weighted by Crippen LogP contribution is 2.33. The molecule has 0 spiro atoms. The van der Waals surface area contributed by atoms with Gasteiger partial charge in [-0.15, -0.1) is 0 Å². The maximum Gasteiger partial charge on any atom is 0.253 e. The number of hydrogen-bond acceptors (Lipinski definition) is 3. The van der Waals surface area contributed by atoms with Gasteiger partial charge in [0.25, 0.3) is 5.91 Å². The summed E-state index contributed by atoms with van der Waals surface area (Å²) in [4.78, 5) is 39.6. The van der Waals surface area contributed by atoms with Crippen molar-refractivity contribution in [2.75, 3.05) is 6.54 Å². The third-order valence-corrected chi connectivity index (χ3v) is 4.32. The molecule has 0 radical (unpaired) electrons. The van der Waals surface area contributed by atoms with Crippen LogP contribution in [0.25, 0.3) is 0 Å². The number of benzene rings is 1. The van der Waals surface area contributed by atoms with E-state index in [0.29, 0.717) is 13.0 Å². The molecule has 1 aromatic carbocycles. The summed E-state index contributed by atoms with van der Waals surface area (Å²) >= 11 is 0. The van der Waals surface area contributed by atoms with Crippen LogP contribution in [0.4, 0.5) is 0 Å². The molecular weight excluding hydrogens is 268 g/mol. The van der Waals surface area contributed by atoms with Gasteiger partial charge in [0.05, 0.1) is 12.5 Å². The highest BCUT2D eigenvalue weighted by Gasteiger charge is 2.52.